The van der Waals surface area contributed by atoms with E-state index < -0.39 is 460 Å². The maximum absolute atomic E-state index is 13.2. The Morgan fingerprint density at radius 2 is 0.496 bits per heavy atom. The summed E-state index contributed by atoms with van der Waals surface area (Å²) in [6.07, 6.45) is -130. The van der Waals surface area contributed by atoms with Gasteiger partial charge >= 0.3 is 0 Å². The van der Waals surface area contributed by atoms with Crippen molar-refractivity contribution >= 4 is 11.8 Å². The number of ether oxygens (including phenoxy) is 22. The number of amides is 2. The number of nitrogens with one attached hydrogen (secondary N) is 2. The number of hydrogen-bond acceptors (Lipinski definition) is 61. The molecule has 39 N–H and O–H groups in total. The van der Waals surface area contributed by atoms with Crippen molar-refractivity contribution in [1.82, 2.24) is 10.6 Å². The van der Waals surface area contributed by atoms with E-state index in [1.54, 1.807) is 0 Å². The smallest absolute Gasteiger partial charge is 0.217 e. The van der Waals surface area contributed by atoms with Crippen LogP contribution in [0, 0.1) is 0 Å². The number of aliphatic hydroxyl groups is 37. The number of hydrogen-bond donors (Lipinski definition) is 39. The lowest BCUT2D eigenvalue weighted by Crippen LogP contribution is -2.70. The minimum Gasteiger partial charge on any atom is -0.394 e. The maximum Gasteiger partial charge on any atom is 0.217 e. The van der Waals surface area contributed by atoms with Crippen LogP contribution in [0.1, 0.15) is 13.8 Å². The minimum absolute atomic E-state index is 0.857. The van der Waals surface area contributed by atoms with Gasteiger partial charge in [-0.05, 0) is 0 Å². The second kappa shape index (κ2) is 51.2. The second-order valence-corrected chi connectivity index (χ2v) is 34.9. The van der Waals surface area contributed by atoms with Crippen molar-refractivity contribution < 1.29 is 303 Å². The highest BCUT2D eigenvalue weighted by Gasteiger charge is 2.63. The molecule has 139 heavy (non-hydrogen) atoms. The van der Waals surface area contributed by atoms with Crippen LogP contribution in [0.5, 0.6) is 0 Å². The lowest BCUT2D eigenvalue weighted by molar-refractivity contribution is -0.414. The first kappa shape index (κ1) is 116. The summed E-state index contributed by atoms with van der Waals surface area (Å²) in [7, 11) is 0. The van der Waals surface area contributed by atoms with E-state index in [4.69, 9.17) is 104 Å². The first-order chi connectivity index (χ1) is 65.9. The van der Waals surface area contributed by atoms with Crippen molar-refractivity contribution in [2.24, 2.45) is 0 Å². The molecular weight excluding hydrogens is 1920 g/mol. The van der Waals surface area contributed by atoms with Crippen molar-refractivity contribution in [3.63, 3.8) is 0 Å². The van der Waals surface area contributed by atoms with Gasteiger partial charge in [0.25, 0.3) is 0 Å². The molecule has 11 saturated heterocycles. The normalized spacial score (nSPS) is 49.5. The molecule has 0 bridgehead atoms. The predicted octanol–water partition coefficient (Wildman–Crippen LogP) is -27.2. The molecule has 0 unspecified atom stereocenters. The molecular formula is C76H130N2O61. The molecule has 0 aromatic carbocycles. The molecule has 0 spiro atoms. The Kier molecular flexibility index (Phi) is 42.7. The fourth-order valence-electron chi connectivity index (χ4n) is 17.5. The molecule has 11 heterocycles. The zero-order valence-corrected chi connectivity index (χ0v) is 73.6. The lowest BCUT2D eigenvalue weighted by atomic mass is 9.94. The fourth-order valence-corrected chi connectivity index (χ4v) is 17.5. The second-order valence-electron chi connectivity index (χ2n) is 34.9. The third-order valence-corrected chi connectivity index (χ3v) is 25.5. The monoisotopic (exact) mass is 2050 g/mol. The molecule has 2 amide bonds. The number of rotatable bonds is 40. The van der Waals surface area contributed by atoms with Gasteiger partial charge < -0.3 is 304 Å². The van der Waals surface area contributed by atoms with Gasteiger partial charge in [0.15, 0.2) is 69.2 Å². The molecule has 0 aromatic rings. The lowest BCUT2D eigenvalue weighted by Gasteiger charge is -2.51. The van der Waals surface area contributed by atoms with Crippen molar-refractivity contribution in [3.8, 4) is 0 Å². The summed E-state index contributed by atoms with van der Waals surface area (Å²) in [5, 5.41) is 418. The SMILES string of the molecule is CC(=O)N[C@H]1[C@H](O[C@@H]([C@H](O)[C@H](CO)NC(C)=O)[C@H](O)CO)O[C@H](CO)[C@@H](O[C@@H]2O[C@H](CO[C@H]3O[C@H](CO[C@H]4O[C@H](CO)[C@@H](O)[C@H](O)[C@@H]4O[C@H]4O[C@H](CO)[C@@H](O)[C@H](O)[C@@H]4O)[C@@H](O)[C@H](O[C@H]4O[C@H](CO)[C@@H](O)[C@H](O)[C@@H]4O[C@H]4O[C@H](CO)[C@@H](O)[C@H](O)[C@@H]4O)[C@@H]3O)[C@@H](O)[C@H](O[C@H]3O[C@H](CO)[C@@H](O)[C@H](O)[C@@H]3O[C@H]3O[C@H](CO)[C@@H](O)[C@H](O)[C@@H]3O[C@H]3O[C@H](CO)[C@@H](O)[C@H](O)[C@@H]3O[C@H]3O[C@H](CO)[C@@H](O)[C@H](O)[C@H]3O)[C@@H]2O)[C@@H]1O. The first-order valence-corrected chi connectivity index (χ1v) is 44.1. The molecule has 59 atom stereocenters. The van der Waals surface area contributed by atoms with Gasteiger partial charge in [0.05, 0.1) is 91.9 Å². The van der Waals surface area contributed by atoms with Crippen molar-refractivity contribution in [1.29, 1.82) is 0 Å². The molecule has 0 aromatic heterocycles. The zero-order chi connectivity index (χ0) is 102. The standard InChI is InChI=1S/C76H130N2O61/c1-16(90)77-18(3-79)32(93)57(19(92)4-80)131-66-31(78-17(2)91)43(104)58(28(13-89)128-66)132-71-56(117)60(134-74-64(50(111)39(100)25(10-86)125-74)138-76-65(51(112)40(101)27(12-88)127-76)139-75-63(49(110)38(99)26(11-87)126-75)137-70-54(115)46(107)35(96)22(7-83)122-70)42(103)30(130-71)14-118-67-55(116)59(133-73-62(48(109)37(98)24(9-85)124-73)136-69-53(114)45(106)34(95)21(6-82)121-69)41(102)29(129-67)15-119-72-61(47(108)36(97)23(8-84)123-72)135-68-52(113)44(105)33(94)20(5-81)120-68/h18-76,79-89,92-117H,3-15H2,1-2H3,(H,77,90)(H,78,91)/t18-,19+,20+,21+,22+,23+,24+,25+,26+,27+,28+,29+,30+,31+,32+,33+,34+,35+,36+,37+,38+,39+,40+,41+,42+,43+,44-,45-,46-,47-,48-,49-,50-,51-,52-,53-,54+,55-,56-,57+,58+,59-,60-,61-,62-,63-,64-,65-,66-,67-,68+,69+,70+,71-,72-,73+,74+,75+,76+/m0/s1. The van der Waals surface area contributed by atoms with E-state index in [2.05, 4.69) is 10.6 Å². The van der Waals surface area contributed by atoms with Crippen LogP contribution in [0.3, 0.4) is 0 Å². The fraction of sp³-hybridized carbons (Fsp3) is 0.974. The van der Waals surface area contributed by atoms with Crippen LogP contribution in [0.2, 0.25) is 0 Å². The number of carbonyl (C=O) groups excluding carboxylic acids is 2. The highest BCUT2D eigenvalue weighted by Crippen LogP contribution is 2.42. The van der Waals surface area contributed by atoms with Crippen LogP contribution in [-0.4, -0.2) is 649 Å². The van der Waals surface area contributed by atoms with Crippen molar-refractivity contribution in [2.45, 2.75) is 376 Å². The third-order valence-electron chi connectivity index (χ3n) is 25.5. The van der Waals surface area contributed by atoms with Crippen LogP contribution in [-0.2, 0) is 114 Å². The van der Waals surface area contributed by atoms with Crippen LogP contribution >= 0.6 is 0 Å². The summed E-state index contributed by atoms with van der Waals surface area (Å²) < 4.78 is 130. The van der Waals surface area contributed by atoms with Gasteiger partial charge in [0, 0.05) is 13.8 Å². The molecule has 11 aliphatic rings. The van der Waals surface area contributed by atoms with Crippen LogP contribution in [0.25, 0.3) is 0 Å². The quantitative estimate of drug-likeness (QED) is 0.0271. The summed E-state index contributed by atoms with van der Waals surface area (Å²) in [5.41, 5.74) is 0. The van der Waals surface area contributed by atoms with Gasteiger partial charge in [-0.3, -0.25) is 9.59 Å². The molecule has 810 valence electrons. The Bertz CT molecular complexity index is 3670. The van der Waals surface area contributed by atoms with E-state index in [1.165, 1.54) is 0 Å². The van der Waals surface area contributed by atoms with E-state index in [1.807, 2.05) is 0 Å². The Morgan fingerprint density at radius 1 is 0.245 bits per heavy atom. The molecule has 11 aliphatic heterocycles. The molecule has 11 rings (SSSR count). The van der Waals surface area contributed by atoms with Gasteiger partial charge in [-0.15, -0.1) is 0 Å². The number of carbonyl (C=O) groups is 2. The summed E-state index contributed by atoms with van der Waals surface area (Å²) >= 11 is 0. The van der Waals surface area contributed by atoms with Gasteiger partial charge in [-0.1, -0.05) is 0 Å². The zero-order valence-electron chi connectivity index (χ0n) is 73.6. The van der Waals surface area contributed by atoms with Gasteiger partial charge in [0.2, 0.25) is 11.8 Å². The third kappa shape index (κ3) is 25.5. The molecule has 0 aliphatic carbocycles. The average Bonchev–Trinajstić information content (AvgIpc) is 0.762. The first-order valence-electron chi connectivity index (χ1n) is 44.1. The van der Waals surface area contributed by atoms with E-state index in [0.29, 0.717) is 0 Å². The number of aliphatic hydroxyl groups excluding tert-OH is 37. The van der Waals surface area contributed by atoms with E-state index >= 15 is 0 Å². The Morgan fingerprint density at radius 3 is 0.806 bits per heavy atom. The summed E-state index contributed by atoms with van der Waals surface area (Å²) in [6, 6.07) is -3.84. The molecule has 63 nitrogen and oxygen atoms in total. The highest BCUT2D eigenvalue weighted by atomic mass is 16.8. The molecule has 63 heteroatoms. The summed E-state index contributed by atoms with van der Waals surface area (Å²) in [6.45, 7) is -13.9. The van der Waals surface area contributed by atoms with Gasteiger partial charge in [0.1, 0.15) is 287 Å². The largest absolute Gasteiger partial charge is 0.394 e. The van der Waals surface area contributed by atoms with E-state index in [0.717, 1.165) is 13.8 Å². The molecule has 0 radical (unpaired) electrons. The highest BCUT2D eigenvalue weighted by molar-refractivity contribution is 5.73. The van der Waals surface area contributed by atoms with Crippen LogP contribution in [0.15, 0.2) is 0 Å². The van der Waals surface area contributed by atoms with Crippen LogP contribution < -0.4 is 10.6 Å². The Labute approximate surface area is 784 Å². The Balaban J connectivity index is 0.976. The van der Waals surface area contributed by atoms with E-state index in [9.17, 15) is 199 Å². The van der Waals surface area contributed by atoms with Crippen molar-refractivity contribution in [3.05, 3.63) is 0 Å². The molecule has 0 saturated carbocycles. The summed E-state index contributed by atoms with van der Waals surface area (Å²) in [5.74, 6) is -1.93. The predicted molar refractivity (Wildman–Crippen MR) is 420 cm³/mol. The van der Waals surface area contributed by atoms with E-state index in [-0.39, 0.29) is 0 Å². The van der Waals surface area contributed by atoms with Crippen LogP contribution in [0.4, 0.5) is 0 Å². The topological polar surface area (TPSA) is 1010 Å². The Hall–Kier alpha value is -3.42. The van der Waals surface area contributed by atoms with Gasteiger partial charge in [-0.25, -0.2) is 0 Å². The van der Waals surface area contributed by atoms with Gasteiger partial charge in [-0.2, -0.15) is 0 Å². The summed E-state index contributed by atoms with van der Waals surface area (Å²) in [4.78, 5) is 25.4. The maximum atomic E-state index is 13.2. The minimum atomic E-state index is -2.78. The van der Waals surface area contributed by atoms with Crippen molar-refractivity contribution in [2.75, 3.05) is 85.9 Å². The molecule has 11 fully saturated rings. The average molecular weight is 2050 g/mol.